The zero-order chi connectivity index (χ0) is 32.9. The Labute approximate surface area is 291 Å². The minimum absolute atomic E-state index is 0. The summed E-state index contributed by atoms with van der Waals surface area (Å²) in [4.78, 5) is 58.9. The summed E-state index contributed by atoms with van der Waals surface area (Å²) in [5.74, 6) is 0. The number of pyridine rings is 6. The Morgan fingerprint density at radius 3 is 0.857 bits per heavy atom. The van der Waals surface area contributed by atoms with Crippen LogP contribution in [-0.4, -0.2) is 48.8 Å². The van der Waals surface area contributed by atoms with Crippen molar-refractivity contribution in [3.05, 3.63) is 145 Å². The first-order chi connectivity index (χ1) is 23.7. The molecule has 0 unspecified atom stereocenters. The summed E-state index contributed by atoms with van der Waals surface area (Å²) in [6.45, 7) is 0. The van der Waals surface area contributed by atoms with Gasteiger partial charge in [0.2, 0.25) is 0 Å². The monoisotopic (exact) mass is 726 g/mol. The molecule has 6 aromatic heterocycles. The van der Waals surface area contributed by atoms with E-state index in [9.17, 15) is 14.4 Å². The van der Waals surface area contributed by atoms with Gasteiger partial charge in [0.05, 0.1) is 33.1 Å². The van der Waals surface area contributed by atoms with Crippen molar-refractivity contribution in [1.82, 2.24) is 29.9 Å². The third kappa shape index (κ3) is 6.37. The van der Waals surface area contributed by atoms with Gasteiger partial charge < -0.3 is 0 Å². The van der Waals surface area contributed by atoms with Crippen molar-refractivity contribution < 1.29 is 33.9 Å². The maximum absolute atomic E-state index is 11.0. The third-order valence-electron chi connectivity index (χ3n) is 7.86. The summed E-state index contributed by atoms with van der Waals surface area (Å²) in [6.07, 6.45) is 12.9. The summed E-state index contributed by atoms with van der Waals surface area (Å²) in [5, 5.41) is 5.37. The SMILES string of the molecule is O=Cc1cc2cccnc2c2ncccc12.O=Cc1cc2cccnc2c2ncccc12.O=Cc1cc2cccnc2c2ncccc12.[Ru]. The number of benzene rings is 3. The molecule has 0 atom stereocenters. The zero-order valence-electron chi connectivity index (χ0n) is 25.6. The summed E-state index contributed by atoms with van der Waals surface area (Å²) < 4.78 is 0. The molecule has 0 fully saturated rings. The van der Waals surface area contributed by atoms with E-state index in [1.807, 2.05) is 91.0 Å². The number of carbonyl (C=O) groups is 3. The van der Waals surface area contributed by atoms with Crippen LogP contribution in [0.5, 0.6) is 0 Å². The summed E-state index contributed by atoms with van der Waals surface area (Å²) in [5.41, 5.74) is 6.82. The molecule has 0 N–H and O–H groups in total. The van der Waals surface area contributed by atoms with E-state index in [4.69, 9.17) is 0 Å². The predicted octanol–water partition coefficient (Wildman–Crippen LogP) is 7.78. The second-order valence-corrected chi connectivity index (χ2v) is 10.7. The van der Waals surface area contributed by atoms with E-state index < -0.39 is 0 Å². The Morgan fingerprint density at radius 2 is 0.592 bits per heavy atom. The summed E-state index contributed by atoms with van der Waals surface area (Å²) in [6, 6.07) is 28.0. The molecule has 0 aliphatic carbocycles. The number of hydrogen-bond acceptors (Lipinski definition) is 9. The molecule has 9 nitrogen and oxygen atoms in total. The molecule has 0 aliphatic heterocycles. The third-order valence-corrected chi connectivity index (χ3v) is 7.86. The molecule has 6 heterocycles. The number of carbonyl (C=O) groups excluding carboxylic acids is 3. The van der Waals surface area contributed by atoms with Crippen LogP contribution in [0.4, 0.5) is 0 Å². The minimum Gasteiger partial charge on any atom is -0.298 e. The van der Waals surface area contributed by atoms with Crippen LogP contribution >= 0.6 is 0 Å². The maximum Gasteiger partial charge on any atom is 0.150 e. The summed E-state index contributed by atoms with van der Waals surface area (Å²) in [7, 11) is 0. The molecule has 0 amide bonds. The van der Waals surface area contributed by atoms with Crippen LogP contribution in [0.25, 0.3) is 65.4 Å². The first-order valence-electron chi connectivity index (χ1n) is 14.9. The van der Waals surface area contributed by atoms with Gasteiger partial charge in [0, 0.05) is 106 Å². The topological polar surface area (TPSA) is 129 Å². The van der Waals surface area contributed by atoms with Gasteiger partial charge in [-0.05, 0) is 54.6 Å². The van der Waals surface area contributed by atoms with Crippen molar-refractivity contribution in [2.45, 2.75) is 0 Å². The normalized spacial score (nSPS) is 10.5. The number of fused-ring (bicyclic) bond motifs is 9. The molecule has 9 aromatic rings. The number of aromatic nitrogens is 6. The smallest absolute Gasteiger partial charge is 0.150 e. The zero-order valence-corrected chi connectivity index (χ0v) is 27.4. The molecule has 49 heavy (non-hydrogen) atoms. The number of aldehydes is 3. The Hall–Kier alpha value is -6.25. The molecule has 0 radical (unpaired) electrons. The van der Waals surface area contributed by atoms with Gasteiger partial charge in [0.25, 0.3) is 0 Å². The van der Waals surface area contributed by atoms with Gasteiger partial charge in [-0.15, -0.1) is 0 Å². The van der Waals surface area contributed by atoms with E-state index in [1.165, 1.54) is 0 Å². The molecule has 236 valence electrons. The fourth-order valence-corrected chi connectivity index (χ4v) is 5.71. The van der Waals surface area contributed by atoms with Gasteiger partial charge in [0.15, 0.2) is 18.9 Å². The Kier molecular flexibility index (Phi) is 9.79. The van der Waals surface area contributed by atoms with Crippen LogP contribution in [0, 0.1) is 0 Å². The van der Waals surface area contributed by atoms with Crippen LogP contribution in [-0.2, 0) is 19.5 Å². The van der Waals surface area contributed by atoms with Gasteiger partial charge in [0.1, 0.15) is 0 Å². The Bertz CT molecular complexity index is 2370. The van der Waals surface area contributed by atoms with Crippen LogP contribution in [0.2, 0.25) is 0 Å². The van der Waals surface area contributed by atoms with Gasteiger partial charge >= 0.3 is 0 Å². The first kappa shape index (κ1) is 32.7. The van der Waals surface area contributed by atoms with Crippen LogP contribution in [0.15, 0.2) is 128 Å². The van der Waals surface area contributed by atoms with Crippen molar-refractivity contribution in [2.75, 3.05) is 0 Å². The number of hydrogen-bond donors (Lipinski definition) is 0. The van der Waals surface area contributed by atoms with Gasteiger partial charge in [-0.25, -0.2) is 0 Å². The molecule has 0 bridgehead atoms. The Morgan fingerprint density at radius 1 is 0.347 bits per heavy atom. The van der Waals surface area contributed by atoms with Crippen molar-refractivity contribution >= 4 is 84.3 Å². The van der Waals surface area contributed by atoms with Gasteiger partial charge in [-0.3, -0.25) is 44.3 Å². The van der Waals surface area contributed by atoms with Crippen molar-refractivity contribution in [2.24, 2.45) is 0 Å². The molecule has 10 heteroatoms. The van der Waals surface area contributed by atoms with E-state index in [0.717, 1.165) is 84.3 Å². The van der Waals surface area contributed by atoms with Gasteiger partial charge in [-0.2, -0.15) is 0 Å². The molecule has 3 aromatic carbocycles. The quantitative estimate of drug-likeness (QED) is 0.102. The average molecular weight is 726 g/mol. The van der Waals surface area contributed by atoms with E-state index >= 15 is 0 Å². The molecule has 0 spiro atoms. The second-order valence-electron chi connectivity index (χ2n) is 10.7. The molecule has 0 saturated carbocycles. The van der Waals surface area contributed by atoms with Crippen molar-refractivity contribution in [3.63, 3.8) is 0 Å². The Balaban J connectivity index is 0.000000126. The minimum atomic E-state index is 0. The molecular formula is C39H24N6O3Ru. The first-order valence-corrected chi connectivity index (χ1v) is 14.9. The maximum atomic E-state index is 11.0. The van der Waals surface area contributed by atoms with Crippen LogP contribution < -0.4 is 0 Å². The number of nitrogens with zero attached hydrogens (tertiary/aromatic N) is 6. The molecular weight excluding hydrogens is 702 g/mol. The van der Waals surface area contributed by atoms with Gasteiger partial charge in [-0.1, -0.05) is 36.4 Å². The predicted molar refractivity (Wildman–Crippen MR) is 187 cm³/mol. The van der Waals surface area contributed by atoms with E-state index in [-0.39, 0.29) is 19.5 Å². The standard InChI is InChI=1S/3C13H8N2O.Ru/c3*16-8-10-7-9-3-1-5-14-12(9)13-11(10)4-2-6-15-13;/h3*1-8H;. The van der Waals surface area contributed by atoms with Crippen LogP contribution in [0.1, 0.15) is 31.1 Å². The molecule has 0 saturated heterocycles. The van der Waals surface area contributed by atoms with Crippen molar-refractivity contribution in [3.8, 4) is 0 Å². The van der Waals surface area contributed by atoms with Crippen LogP contribution in [0.3, 0.4) is 0 Å². The molecule has 9 rings (SSSR count). The van der Waals surface area contributed by atoms with Crippen molar-refractivity contribution in [1.29, 1.82) is 0 Å². The largest absolute Gasteiger partial charge is 0.298 e. The fraction of sp³-hybridized carbons (Fsp3) is 0. The second kappa shape index (κ2) is 14.7. The van der Waals surface area contributed by atoms with E-state index in [0.29, 0.717) is 16.7 Å². The fourth-order valence-electron chi connectivity index (χ4n) is 5.71. The average Bonchev–Trinajstić information content (AvgIpc) is 3.17. The summed E-state index contributed by atoms with van der Waals surface area (Å²) >= 11 is 0. The number of rotatable bonds is 3. The molecule has 0 aliphatic rings. The van der Waals surface area contributed by atoms with E-state index in [1.54, 1.807) is 37.2 Å². The van der Waals surface area contributed by atoms with E-state index in [2.05, 4.69) is 29.9 Å².